The molecule has 0 aliphatic carbocycles. The van der Waals surface area contributed by atoms with E-state index in [4.69, 9.17) is 4.74 Å². The average Bonchev–Trinajstić information content (AvgIpc) is 2.41. The van der Waals surface area contributed by atoms with Gasteiger partial charge in [-0.25, -0.2) is 4.39 Å². The van der Waals surface area contributed by atoms with Crippen LogP contribution < -0.4 is 15.4 Å². The van der Waals surface area contributed by atoms with Crippen LogP contribution >= 0.6 is 0 Å². The Balaban J connectivity index is 2.33. The highest BCUT2D eigenvalue weighted by Gasteiger charge is 2.26. The monoisotopic (exact) mass is 321 g/mol. The lowest BCUT2D eigenvalue weighted by Crippen LogP contribution is -2.42. The van der Waals surface area contributed by atoms with Crippen molar-refractivity contribution in [1.29, 1.82) is 0 Å². The number of halogens is 4. The Morgan fingerprint density at radius 1 is 1.32 bits per heavy atom. The average molecular weight is 321 g/mol. The van der Waals surface area contributed by atoms with Gasteiger partial charge in [0, 0.05) is 19.7 Å². The van der Waals surface area contributed by atoms with E-state index in [1.807, 2.05) is 0 Å². The molecule has 4 nitrogen and oxygen atoms in total. The summed E-state index contributed by atoms with van der Waals surface area (Å²) in [5, 5.41) is 5.40. The minimum absolute atomic E-state index is 0.249. The summed E-state index contributed by atoms with van der Waals surface area (Å²) in [5.74, 6) is 0.232. The van der Waals surface area contributed by atoms with E-state index in [-0.39, 0.29) is 18.6 Å². The molecule has 1 aromatic rings. The van der Waals surface area contributed by atoms with Crippen molar-refractivity contribution in [2.45, 2.75) is 25.6 Å². The van der Waals surface area contributed by atoms with Gasteiger partial charge in [0.15, 0.2) is 5.96 Å². The number of ether oxygens (including phenoxy) is 1. The highest BCUT2D eigenvalue weighted by molar-refractivity contribution is 5.79. The number of nitrogens with zero attached hydrogens (tertiary/aromatic N) is 1. The maximum Gasteiger partial charge on any atom is 0.390 e. The van der Waals surface area contributed by atoms with Crippen molar-refractivity contribution in [3.05, 3.63) is 30.1 Å². The van der Waals surface area contributed by atoms with Crippen molar-refractivity contribution < 1.29 is 22.3 Å². The first-order valence-corrected chi connectivity index (χ1v) is 6.73. The fourth-order valence-electron chi connectivity index (χ4n) is 1.60. The summed E-state index contributed by atoms with van der Waals surface area (Å²) < 4.78 is 54.6. The van der Waals surface area contributed by atoms with E-state index in [1.165, 1.54) is 25.2 Å². The quantitative estimate of drug-likeness (QED) is 0.481. The van der Waals surface area contributed by atoms with E-state index in [1.54, 1.807) is 13.0 Å². The van der Waals surface area contributed by atoms with Gasteiger partial charge in [-0.05, 0) is 19.1 Å². The number of alkyl halides is 3. The maximum absolute atomic E-state index is 13.0. The molecule has 0 heterocycles. The summed E-state index contributed by atoms with van der Waals surface area (Å²) in [4.78, 5) is 3.81. The Hall–Kier alpha value is -1.99. The molecular weight excluding hydrogens is 302 g/mol. The number of aliphatic imine (C=N–C) groups is 1. The van der Waals surface area contributed by atoms with Gasteiger partial charge in [0.2, 0.25) is 0 Å². The maximum atomic E-state index is 13.0. The molecule has 124 valence electrons. The standard InChI is InChI=1S/C14H19F4N3O/c1-10(22-12-5-3-4-11(15)8-12)9-21-13(19-2)20-7-6-14(16,17)18/h3-5,8,10H,6-7,9H2,1-2H3,(H2,19,20,21). The smallest absolute Gasteiger partial charge is 0.390 e. The molecule has 0 fully saturated rings. The molecule has 1 aromatic carbocycles. The lowest BCUT2D eigenvalue weighted by molar-refractivity contribution is -0.132. The zero-order valence-electron chi connectivity index (χ0n) is 12.4. The summed E-state index contributed by atoms with van der Waals surface area (Å²) in [6, 6.07) is 5.72. The normalized spacial score (nSPS) is 13.6. The number of nitrogens with one attached hydrogen (secondary N) is 2. The van der Waals surface area contributed by atoms with Crippen LogP contribution in [0.25, 0.3) is 0 Å². The van der Waals surface area contributed by atoms with Crippen LogP contribution in [0.15, 0.2) is 29.3 Å². The van der Waals surface area contributed by atoms with Crippen LogP contribution in [-0.4, -0.2) is 38.4 Å². The van der Waals surface area contributed by atoms with Crippen molar-refractivity contribution >= 4 is 5.96 Å². The number of rotatable bonds is 6. The zero-order chi connectivity index (χ0) is 16.6. The zero-order valence-corrected chi connectivity index (χ0v) is 12.4. The molecule has 0 saturated heterocycles. The summed E-state index contributed by atoms with van der Waals surface area (Å²) in [7, 11) is 1.46. The van der Waals surface area contributed by atoms with Gasteiger partial charge in [0.25, 0.3) is 0 Å². The summed E-state index contributed by atoms with van der Waals surface area (Å²) in [5.41, 5.74) is 0. The molecule has 0 amide bonds. The third kappa shape index (κ3) is 7.70. The molecule has 8 heteroatoms. The fourth-order valence-corrected chi connectivity index (χ4v) is 1.60. The Kier molecular flexibility index (Phi) is 6.94. The van der Waals surface area contributed by atoms with E-state index < -0.39 is 18.4 Å². The fraction of sp³-hybridized carbons (Fsp3) is 0.500. The predicted octanol–water partition coefficient (Wildman–Crippen LogP) is 2.71. The van der Waals surface area contributed by atoms with Crippen LogP contribution in [0.2, 0.25) is 0 Å². The Morgan fingerprint density at radius 2 is 2.05 bits per heavy atom. The molecule has 0 aliphatic rings. The molecule has 0 radical (unpaired) electrons. The third-order valence-electron chi connectivity index (χ3n) is 2.61. The highest BCUT2D eigenvalue weighted by atomic mass is 19.4. The van der Waals surface area contributed by atoms with Crippen LogP contribution in [0.4, 0.5) is 17.6 Å². The number of hydrogen-bond donors (Lipinski definition) is 2. The second-order valence-corrected chi connectivity index (χ2v) is 4.63. The van der Waals surface area contributed by atoms with Crippen molar-refractivity contribution in [1.82, 2.24) is 10.6 Å². The Bertz CT molecular complexity index is 491. The van der Waals surface area contributed by atoms with Crippen molar-refractivity contribution in [2.24, 2.45) is 4.99 Å². The van der Waals surface area contributed by atoms with Crippen LogP contribution in [0.1, 0.15) is 13.3 Å². The van der Waals surface area contributed by atoms with Crippen molar-refractivity contribution in [3.63, 3.8) is 0 Å². The molecule has 0 bridgehead atoms. The van der Waals surface area contributed by atoms with Gasteiger partial charge in [-0.3, -0.25) is 4.99 Å². The summed E-state index contributed by atoms with van der Waals surface area (Å²) in [6.45, 7) is 1.80. The van der Waals surface area contributed by atoms with Crippen LogP contribution in [0.3, 0.4) is 0 Å². The SMILES string of the molecule is CN=C(NCCC(F)(F)F)NCC(C)Oc1cccc(F)c1. The summed E-state index contributed by atoms with van der Waals surface area (Å²) in [6.07, 6.45) is -5.47. The number of benzene rings is 1. The predicted molar refractivity (Wildman–Crippen MR) is 76.5 cm³/mol. The van der Waals surface area contributed by atoms with Crippen LogP contribution in [0.5, 0.6) is 5.75 Å². The van der Waals surface area contributed by atoms with E-state index in [0.29, 0.717) is 12.3 Å². The van der Waals surface area contributed by atoms with E-state index in [2.05, 4.69) is 15.6 Å². The molecule has 22 heavy (non-hydrogen) atoms. The topological polar surface area (TPSA) is 45.7 Å². The molecule has 0 saturated carbocycles. The molecule has 0 aromatic heterocycles. The molecule has 1 rings (SSSR count). The van der Waals surface area contributed by atoms with E-state index in [9.17, 15) is 17.6 Å². The van der Waals surface area contributed by atoms with Gasteiger partial charge in [-0.15, -0.1) is 0 Å². The molecule has 1 atom stereocenters. The first-order chi connectivity index (χ1) is 10.3. The van der Waals surface area contributed by atoms with Gasteiger partial charge in [-0.2, -0.15) is 13.2 Å². The van der Waals surface area contributed by atoms with Gasteiger partial charge < -0.3 is 15.4 Å². The van der Waals surface area contributed by atoms with Gasteiger partial charge >= 0.3 is 6.18 Å². The Morgan fingerprint density at radius 3 is 2.64 bits per heavy atom. The lowest BCUT2D eigenvalue weighted by Gasteiger charge is -2.18. The molecule has 0 aliphatic heterocycles. The lowest BCUT2D eigenvalue weighted by atomic mass is 10.3. The second kappa shape index (κ2) is 8.45. The van der Waals surface area contributed by atoms with Gasteiger partial charge in [0.05, 0.1) is 13.0 Å². The van der Waals surface area contributed by atoms with Crippen molar-refractivity contribution in [2.75, 3.05) is 20.1 Å². The highest BCUT2D eigenvalue weighted by Crippen LogP contribution is 2.18. The minimum atomic E-state index is -4.21. The van der Waals surface area contributed by atoms with E-state index >= 15 is 0 Å². The number of hydrogen-bond acceptors (Lipinski definition) is 2. The van der Waals surface area contributed by atoms with E-state index in [0.717, 1.165) is 0 Å². The number of guanidine groups is 1. The molecule has 1 unspecified atom stereocenters. The van der Waals surface area contributed by atoms with Gasteiger partial charge in [0.1, 0.15) is 17.7 Å². The molecule has 0 spiro atoms. The summed E-state index contributed by atoms with van der Waals surface area (Å²) >= 11 is 0. The second-order valence-electron chi connectivity index (χ2n) is 4.63. The minimum Gasteiger partial charge on any atom is -0.489 e. The molecule has 2 N–H and O–H groups in total. The van der Waals surface area contributed by atoms with Crippen molar-refractivity contribution in [3.8, 4) is 5.75 Å². The van der Waals surface area contributed by atoms with Gasteiger partial charge in [-0.1, -0.05) is 6.07 Å². The largest absolute Gasteiger partial charge is 0.489 e. The molecular formula is C14H19F4N3O. The Labute approximate surface area is 126 Å². The van der Waals surface area contributed by atoms with Crippen LogP contribution in [-0.2, 0) is 0 Å². The first kappa shape index (κ1) is 18.1. The first-order valence-electron chi connectivity index (χ1n) is 6.73. The van der Waals surface area contributed by atoms with Crippen LogP contribution in [0, 0.1) is 5.82 Å². The third-order valence-corrected chi connectivity index (χ3v) is 2.61.